The van der Waals surface area contributed by atoms with Gasteiger partial charge in [0.05, 0.1) is 5.69 Å². The molecular formula is C22H24ClN3O3. The van der Waals surface area contributed by atoms with E-state index in [-0.39, 0.29) is 25.0 Å². The third-order valence-corrected chi connectivity index (χ3v) is 5.47. The molecule has 0 aromatic heterocycles. The van der Waals surface area contributed by atoms with Crippen molar-refractivity contribution in [2.45, 2.75) is 25.8 Å². The van der Waals surface area contributed by atoms with Crippen LogP contribution in [0.3, 0.4) is 0 Å². The maximum Gasteiger partial charge on any atom is 0.265 e. The van der Waals surface area contributed by atoms with E-state index in [1.54, 1.807) is 18.2 Å². The largest absolute Gasteiger partial charge is 0.482 e. The minimum absolute atomic E-state index is 0.0900. The van der Waals surface area contributed by atoms with E-state index in [2.05, 4.69) is 16.3 Å². The summed E-state index contributed by atoms with van der Waals surface area (Å²) in [4.78, 5) is 28.8. The first-order valence-electron chi connectivity index (χ1n) is 9.92. The van der Waals surface area contributed by atoms with Gasteiger partial charge in [0.25, 0.3) is 5.91 Å². The fraction of sp³-hybridized carbons (Fsp3) is 0.364. The molecule has 2 aromatic rings. The first kappa shape index (κ1) is 19.7. The van der Waals surface area contributed by atoms with E-state index in [0.29, 0.717) is 16.5 Å². The average molecular weight is 414 g/mol. The topological polar surface area (TPSA) is 61.9 Å². The zero-order valence-electron chi connectivity index (χ0n) is 16.2. The third kappa shape index (κ3) is 4.89. The van der Waals surface area contributed by atoms with Crippen LogP contribution in [0.15, 0.2) is 42.5 Å². The molecule has 6 nitrogen and oxygen atoms in total. The number of hydrogen-bond acceptors (Lipinski definition) is 4. The van der Waals surface area contributed by atoms with E-state index in [9.17, 15) is 9.59 Å². The standard InChI is InChI=1S/C22H24ClN3O3/c23-17-7-8-20-19(12-17)26(22(28)15-29-20)14-21(27)24-18-6-4-5-16(11-18)13-25-9-2-1-3-10-25/h4-8,11-12H,1-3,9-10,13-15H2,(H,24,27). The van der Waals surface area contributed by atoms with Crippen molar-refractivity contribution >= 4 is 34.8 Å². The number of nitrogens with one attached hydrogen (secondary N) is 1. The molecule has 1 saturated heterocycles. The lowest BCUT2D eigenvalue weighted by molar-refractivity contribution is -0.123. The number of piperidine rings is 1. The van der Waals surface area contributed by atoms with Crippen LogP contribution < -0.4 is 15.0 Å². The Bertz CT molecular complexity index is 912. The second kappa shape index (κ2) is 8.84. The quantitative estimate of drug-likeness (QED) is 0.812. The van der Waals surface area contributed by atoms with Crippen molar-refractivity contribution < 1.29 is 14.3 Å². The molecule has 2 amide bonds. The number of halogens is 1. The van der Waals surface area contributed by atoms with E-state index in [1.807, 2.05) is 18.2 Å². The Balaban J connectivity index is 1.42. The highest BCUT2D eigenvalue weighted by Crippen LogP contribution is 2.34. The first-order valence-corrected chi connectivity index (χ1v) is 10.3. The molecule has 4 rings (SSSR count). The number of nitrogens with zero attached hydrogens (tertiary/aromatic N) is 2. The summed E-state index contributed by atoms with van der Waals surface area (Å²) in [6.45, 7) is 2.95. The smallest absolute Gasteiger partial charge is 0.265 e. The monoisotopic (exact) mass is 413 g/mol. The van der Waals surface area contributed by atoms with Crippen molar-refractivity contribution in [1.29, 1.82) is 0 Å². The number of anilines is 2. The van der Waals surface area contributed by atoms with Crippen LogP contribution in [0.4, 0.5) is 11.4 Å². The molecule has 1 fully saturated rings. The van der Waals surface area contributed by atoms with Crippen LogP contribution in [0.1, 0.15) is 24.8 Å². The highest BCUT2D eigenvalue weighted by molar-refractivity contribution is 6.31. The Labute approximate surface area is 175 Å². The average Bonchev–Trinajstić information content (AvgIpc) is 2.71. The number of ether oxygens (including phenoxy) is 1. The van der Waals surface area contributed by atoms with Crippen LogP contribution in [0, 0.1) is 0 Å². The van der Waals surface area contributed by atoms with Gasteiger partial charge in [-0.1, -0.05) is 30.2 Å². The molecule has 1 N–H and O–H groups in total. The summed E-state index contributed by atoms with van der Waals surface area (Å²) < 4.78 is 5.42. The molecule has 0 aliphatic carbocycles. The highest BCUT2D eigenvalue weighted by Gasteiger charge is 2.27. The summed E-state index contributed by atoms with van der Waals surface area (Å²) in [5.41, 5.74) is 2.42. The summed E-state index contributed by atoms with van der Waals surface area (Å²) in [5.74, 6) is 0.0143. The zero-order valence-corrected chi connectivity index (χ0v) is 17.0. The van der Waals surface area contributed by atoms with Gasteiger partial charge in [0.1, 0.15) is 12.3 Å². The van der Waals surface area contributed by atoms with Gasteiger partial charge in [-0.05, 0) is 61.8 Å². The molecule has 29 heavy (non-hydrogen) atoms. The lowest BCUT2D eigenvalue weighted by atomic mass is 10.1. The molecule has 2 aliphatic rings. The maximum atomic E-state index is 12.6. The van der Waals surface area contributed by atoms with Gasteiger partial charge in [0.15, 0.2) is 6.61 Å². The van der Waals surface area contributed by atoms with Crippen LogP contribution >= 0.6 is 11.6 Å². The van der Waals surface area contributed by atoms with Crippen molar-refractivity contribution in [3.05, 3.63) is 53.1 Å². The van der Waals surface area contributed by atoms with Gasteiger partial charge in [-0.2, -0.15) is 0 Å². The molecule has 2 heterocycles. The molecule has 152 valence electrons. The number of amides is 2. The highest BCUT2D eigenvalue weighted by atomic mass is 35.5. The van der Waals surface area contributed by atoms with Gasteiger partial charge in [0.2, 0.25) is 5.91 Å². The van der Waals surface area contributed by atoms with Gasteiger partial charge in [0, 0.05) is 17.3 Å². The Morgan fingerprint density at radius 1 is 1.10 bits per heavy atom. The van der Waals surface area contributed by atoms with Gasteiger partial charge in [-0.15, -0.1) is 0 Å². The number of likely N-dealkylation sites (tertiary alicyclic amines) is 1. The number of benzene rings is 2. The minimum atomic E-state index is -0.270. The summed E-state index contributed by atoms with van der Waals surface area (Å²) in [6, 6.07) is 12.9. The van der Waals surface area contributed by atoms with Crippen molar-refractivity contribution in [3.63, 3.8) is 0 Å². The summed E-state index contributed by atoms with van der Waals surface area (Å²) in [7, 11) is 0. The predicted octanol–water partition coefficient (Wildman–Crippen LogP) is 3.69. The SMILES string of the molecule is O=C(CN1C(=O)COc2ccc(Cl)cc21)Nc1cccc(CN2CCCCC2)c1. The Morgan fingerprint density at radius 3 is 2.76 bits per heavy atom. The molecule has 2 aliphatic heterocycles. The van der Waals surface area contributed by atoms with E-state index >= 15 is 0 Å². The zero-order chi connectivity index (χ0) is 20.2. The summed E-state index contributed by atoms with van der Waals surface area (Å²) >= 11 is 6.06. The molecule has 0 unspecified atom stereocenters. The van der Waals surface area contributed by atoms with Crippen LogP contribution in [0.25, 0.3) is 0 Å². The summed E-state index contributed by atoms with van der Waals surface area (Å²) in [5, 5.41) is 3.39. The second-order valence-corrected chi connectivity index (χ2v) is 7.90. The van der Waals surface area contributed by atoms with Crippen LogP contribution in [0.5, 0.6) is 5.75 Å². The number of fused-ring (bicyclic) bond motifs is 1. The molecule has 0 atom stereocenters. The first-order chi connectivity index (χ1) is 14.1. The van der Waals surface area contributed by atoms with Gasteiger partial charge in [-0.3, -0.25) is 19.4 Å². The van der Waals surface area contributed by atoms with Crippen molar-refractivity contribution in [3.8, 4) is 5.75 Å². The maximum absolute atomic E-state index is 12.6. The molecule has 7 heteroatoms. The fourth-order valence-electron chi connectivity index (χ4n) is 3.82. The number of rotatable bonds is 5. The number of carbonyl (C=O) groups is 2. The molecule has 0 spiro atoms. The summed E-state index contributed by atoms with van der Waals surface area (Å²) in [6.07, 6.45) is 3.80. The van der Waals surface area contributed by atoms with Crippen molar-refractivity contribution in [1.82, 2.24) is 4.90 Å². The molecule has 0 bridgehead atoms. The van der Waals surface area contributed by atoms with Crippen LogP contribution in [-0.2, 0) is 16.1 Å². The Morgan fingerprint density at radius 2 is 1.93 bits per heavy atom. The van der Waals surface area contributed by atoms with E-state index in [4.69, 9.17) is 16.3 Å². The fourth-order valence-corrected chi connectivity index (χ4v) is 3.98. The Kier molecular flexibility index (Phi) is 6.02. The minimum Gasteiger partial charge on any atom is -0.482 e. The van der Waals surface area contributed by atoms with Crippen LogP contribution in [0.2, 0.25) is 5.02 Å². The van der Waals surface area contributed by atoms with E-state index < -0.39 is 0 Å². The van der Waals surface area contributed by atoms with Crippen molar-refractivity contribution in [2.24, 2.45) is 0 Å². The lowest BCUT2D eigenvalue weighted by Gasteiger charge is -2.29. The van der Waals surface area contributed by atoms with Gasteiger partial charge < -0.3 is 10.1 Å². The van der Waals surface area contributed by atoms with E-state index in [0.717, 1.165) is 25.3 Å². The molecule has 0 saturated carbocycles. The van der Waals surface area contributed by atoms with Gasteiger partial charge >= 0.3 is 0 Å². The van der Waals surface area contributed by atoms with Crippen LogP contribution in [-0.4, -0.2) is 43.0 Å². The number of carbonyl (C=O) groups excluding carboxylic acids is 2. The molecular weight excluding hydrogens is 390 g/mol. The molecule has 0 radical (unpaired) electrons. The van der Waals surface area contributed by atoms with Crippen molar-refractivity contribution in [2.75, 3.05) is 36.5 Å². The second-order valence-electron chi connectivity index (χ2n) is 7.47. The third-order valence-electron chi connectivity index (χ3n) is 5.23. The number of hydrogen-bond donors (Lipinski definition) is 1. The van der Waals surface area contributed by atoms with Gasteiger partial charge in [-0.25, -0.2) is 0 Å². The predicted molar refractivity (Wildman–Crippen MR) is 113 cm³/mol. The Hall–Kier alpha value is -2.57. The van der Waals surface area contributed by atoms with E-state index in [1.165, 1.54) is 29.7 Å². The molecule has 2 aromatic carbocycles. The normalized spacial score (nSPS) is 16.9. The lowest BCUT2D eigenvalue weighted by Crippen LogP contribution is -2.43.